The van der Waals surface area contributed by atoms with E-state index >= 15 is 0 Å². The molecule has 3 nitrogen and oxygen atoms in total. The van der Waals surface area contributed by atoms with E-state index in [1.165, 1.54) is 12.1 Å². The van der Waals surface area contributed by atoms with E-state index in [2.05, 4.69) is 24.1 Å². The Labute approximate surface area is 117 Å². The molecule has 0 unspecified atom stereocenters. The summed E-state index contributed by atoms with van der Waals surface area (Å²) < 4.78 is 15.7. The number of rotatable bonds is 4. The second kappa shape index (κ2) is 5.61. The Morgan fingerprint density at radius 3 is 2.84 bits per heavy atom. The average molecular weight is 282 g/mol. The first kappa shape index (κ1) is 13.9. The van der Waals surface area contributed by atoms with Gasteiger partial charge in [0, 0.05) is 17.8 Å². The van der Waals surface area contributed by atoms with Crippen molar-refractivity contribution >= 4 is 23.2 Å². The Morgan fingerprint density at radius 1 is 1.42 bits per heavy atom. The van der Waals surface area contributed by atoms with Crippen molar-refractivity contribution in [1.82, 2.24) is 9.55 Å². The molecule has 5 heteroatoms. The maximum Gasteiger partial charge on any atom is 0.207 e. The molecule has 2 rings (SSSR count). The molecule has 1 heterocycles. The van der Waals surface area contributed by atoms with Crippen LogP contribution in [0.2, 0.25) is 5.02 Å². The van der Waals surface area contributed by atoms with Crippen LogP contribution in [0.5, 0.6) is 0 Å². The minimum atomic E-state index is -0.346. The van der Waals surface area contributed by atoms with Gasteiger partial charge in [0.1, 0.15) is 5.82 Å². The molecule has 0 fully saturated rings. The zero-order valence-electron chi connectivity index (χ0n) is 11.2. The summed E-state index contributed by atoms with van der Waals surface area (Å²) in [4.78, 5) is 4.37. The fourth-order valence-corrected chi connectivity index (χ4v) is 2.06. The van der Waals surface area contributed by atoms with Crippen molar-refractivity contribution in [2.45, 2.75) is 27.3 Å². The highest BCUT2D eigenvalue weighted by atomic mass is 35.5. The number of hydrogen-bond donors (Lipinski definition) is 1. The number of imidazole rings is 1. The van der Waals surface area contributed by atoms with E-state index in [0.29, 0.717) is 22.6 Å². The number of nitrogens with one attached hydrogen (secondary N) is 1. The first-order chi connectivity index (χ1) is 8.95. The number of halogens is 2. The summed E-state index contributed by atoms with van der Waals surface area (Å²) >= 11 is 5.88. The van der Waals surface area contributed by atoms with Gasteiger partial charge in [0.25, 0.3) is 0 Å². The summed E-state index contributed by atoms with van der Waals surface area (Å²) in [6, 6.07) is 4.42. The van der Waals surface area contributed by atoms with Gasteiger partial charge in [-0.25, -0.2) is 9.37 Å². The van der Waals surface area contributed by atoms with E-state index in [9.17, 15) is 4.39 Å². The minimum absolute atomic E-state index is 0.336. The van der Waals surface area contributed by atoms with Gasteiger partial charge >= 0.3 is 0 Å². The lowest BCUT2D eigenvalue weighted by atomic mass is 10.2. The van der Waals surface area contributed by atoms with Gasteiger partial charge in [0.05, 0.1) is 11.4 Å². The summed E-state index contributed by atoms with van der Waals surface area (Å²) in [5, 5.41) is 3.49. The summed E-state index contributed by atoms with van der Waals surface area (Å²) in [6.07, 6.45) is 1.95. The van der Waals surface area contributed by atoms with Crippen LogP contribution in [0.3, 0.4) is 0 Å². The number of aromatic nitrogens is 2. The van der Waals surface area contributed by atoms with E-state index in [1.807, 2.05) is 17.7 Å². The smallest absolute Gasteiger partial charge is 0.207 e. The zero-order chi connectivity index (χ0) is 14.0. The predicted molar refractivity (Wildman–Crippen MR) is 76.5 cm³/mol. The van der Waals surface area contributed by atoms with Crippen molar-refractivity contribution in [1.29, 1.82) is 0 Å². The minimum Gasteiger partial charge on any atom is -0.323 e. The van der Waals surface area contributed by atoms with Crippen molar-refractivity contribution in [3.05, 3.63) is 40.9 Å². The Balaban J connectivity index is 2.29. The molecular weight excluding hydrogens is 265 g/mol. The molecule has 1 aromatic carbocycles. The highest BCUT2D eigenvalue weighted by Gasteiger charge is 2.10. The molecule has 0 saturated carbocycles. The van der Waals surface area contributed by atoms with Crippen LogP contribution in [0.25, 0.3) is 0 Å². The lowest BCUT2D eigenvalue weighted by molar-refractivity contribution is 0.527. The highest BCUT2D eigenvalue weighted by molar-refractivity contribution is 6.30. The summed E-state index contributed by atoms with van der Waals surface area (Å²) in [5.74, 6) is 0.770. The van der Waals surface area contributed by atoms with Crippen LogP contribution in [-0.2, 0) is 6.54 Å². The Bertz CT molecular complexity index is 578. The van der Waals surface area contributed by atoms with Crippen LogP contribution >= 0.6 is 11.6 Å². The van der Waals surface area contributed by atoms with Crippen LogP contribution in [0.1, 0.15) is 19.5 Å². The molecule has 0 atom stereocenters. The van der Waals surface area contributed by atoms with Gasteiger partial charge in [-0.05, 0) is 31.0 Å². The van der Waals surface area contributed by atoms with Gasteiger partial charge in [0.2, 0.25) is 5.95 Å². The first-order valence-corrected chi connectivity index (χ1v) is 6.59. The Kier molecular flexibility index (Phi) is 4.10. The first-order valence-electron chi connectivity index (χ1n) is 6.21. The van der Waals surface area contributed by atoms with E-state index < -0.39 is 0 Å². The monoisotopic (exact) mass is 281 g/mol. The van der Waals surface area contributed by atoms with Crippen molar-refractivity contribution < 1.29 is 4.39 Å². The number of hydrogen-bond acceptors (Lipinski definition) is 2. The Hall–Kier alpha value is -1.55. The van der Waals surface area contributed by atoms with Crippen LogP contribution < -0.4 is 5.32 Å². The largest absolute Gasteiger partial charge is 0.323 e. The molecule has 0 aliphatic carbocycles. The van der Waals surface area contributed by atoms with E-state index in [1.54, 1.807) is 6.07 Å². The zero-order valence-corrected chi connectivity index (χ0v) is 12.0. The third kappa shape index (κ3) is 3.47. The van der Waals surface area contributed by atoms with Crippen LogP contribution in [0, 0.1) is 18.7 Å². The van der Waals surface area contributed by atoms with Crippen LogP contribution in [0.4, 0.5) is 16.0 Å². The van der Waals surface area contributed by atoms with Gasteiger partial charge in [0.15, 0.2) is 0 Å². The topological polar surface area (TPSA) is 29.9 Å². The van der Waals surface area contributed by atoms with E-state index in [-0.39, 0.29) is 5.82 Å². The van der Waals surface area contributed by atoms with Crippen LogP contribution in [-0.4, -0.2) is 9.55 Å². The third-order valence-electron chi connectivity index (χ3n) is 2.63. The Morgan fingerprint density at radius 2 is 2.16 bits per heavy atom. The van der Waals surface area contributed by atoms with Gasteiger partial charge in [-0.15, -0.1) is 0 Å². The number of aryl methyl sites for hydroxylation is 1. The molecule has 0 amide bonds. The summed E-state index contributed by atoms with van der Waals surface area (Å²) in [6.45, 7) is 6.99. The van der Waals surface area contributed by atoms with Crippen molar-refractivity contribution in [2.24, 2.45) is 5.92 Å². The molecule has 1 N–H and O–H groups in total. The van der Waals surface area contributed by atoms with Crippen molar-refractivity contribution in [2.75, 3.05) is 5.32 Å². The maximum atomic E-state index is 13.7. The normalized spacial score (nSPS) is 11.1. The molecule has 0 aliphatic heterocycles. The second-order valence-electron chi connectivity index (χ2n) is 5.00. The number of benzene rings is 1. The second-order valence-corrected chi connectivity index (χ2v) is 5.44. The predicted octanol–water partition coefficient (Wildman–Crippen LogP) is 4.38. The van der Waals surface area contributed by atoms with Crippen molar-refractivity contribution in [3.8, 4) is 0 Å². The molecular formula is C14H17ClFN3. The lowest BCUT2D eigenvalue weighted by Crippen LogP contribution is -2.08. The molecule has 0 spiro atoms. The van der Waals surface area contributed by atoms with Gasteiger partial charge in [-0.1, -0.05) is 25.4 Å². The molecule has 1 aromatic heterocycles. The molecule has 0 bridgehead atoms. The van der Waals surface area contributed by atoms with Gasteiger partial charge in [-0.2, -0.15) is 0 Å². The number of nitrogens with zero attached hydrogens (tertiary/aromatic N) is 2. The van der Waals surface area contributed by atoms with Gasteiger partial charge in [-0.3, -0.25) is 0 Å². The van der Waals surface area contributed by atoms with Crippen molar-refractivity contribution in [3.63, 3.8) is 0 Å². The van der Waals surface area contributed by atoms with E-state index in [4.69, 9.17) is 11.6 Å². The molecule has 0 radical (unpaired) electrons. The summed E-state index contributed by atoms with van der Waals surface area (Å²) in [5.41, 5.74) is 1.23. The summed E-state index contributed by atoms with van der Waals surface area (Å²) in [7, 11) is 0. The fraction of sp³-hybridized carbons (Fsp3) is 0.357. The fourth-order valence-electron chi connectivity index (χ4n) is 1.89. The molecule has 2 aromatic rings. The van der Waals surface area contributed by atoms with Crippen LogP contribution in [0.15, 0.2) is 24.4 Å². The van der Waals surface area contributed by atoms with E-state index in [0.717, 1.165) is 12.2 Å². The quantitative estimate of drug-likeness (QED) is 0.901. The molecule has 0 saturated heterocycles. The third-order valence-corrected chi connectivity index (χ3v) is 2.87. The number of anilines is 2. The molecule has 0 aliphatic rings. The van der Waals surface area contributed by atoms with Gasteiger partial charge < -0.3 is 9.88 Å². The molecule has 19 heavy (non-hydrogen) atoms. The molecule has 102 valence electrons. The lowest BCUT2D eigenvalue weighted by Gasteiger charge is -2.12. The standard InChI is InChI=1S/C14H17ClFN3/c1-9(2)7-19-8-10(3)17-14(19)18-13-6-11(15)4-5-12(13)16/h4-6,8-9H,7H2,1-3H3,(H,17,18). The SMILES string of the molecule is Cc1cn(CC(C)C)c(Nc2cc(Cl)ccc2F)n1. The highest BCUT2D eigenvalue weighted by Crippen LogP contribution is 2.23. The maximum absolute atomic E-state index is 13.7. The average Bonchev–Trinajstić information content (AvgIpc) is 2.63.